The maximum atomic E-state index is 13.3. The molecule has 0 saturated carbocycles. The molecule has 26 heavy (non-hydrogen) atoms. The Morgan fingerprint density at radius 3 is 2.62 bits per heavy atom. The van der Waals surface area contributed by atoms with Gasteiger partial charge in [0, 0.05) is 30.9 Å². The lowest BCUT2D eigenvalue weighted by Gasteiger charge is -2.19. The highest BCUT2D eigenvalue weighted by molar-refractivity contribution is 6.31. The second kappa shape index (κ2) is 8.15. The van der Waals surface area contributed by atoms with Gasteiger partial charge in [-0.2, -0.15) is 0 Å². The number of benzene rings is 2. The van der Waals surface area contributed by atoms with Crippen molar-refractivity contribution in [2.75, 3.05) is 0 Å². The van der Waals surface area contributed by atoms with E-state index in [-0.39, 0.29) is 11.7 Å². The predicted octanol–water partition coefficient (Wildman–Crippen LogP) is 4.05. The Kier molecular flexibility index (Phi) is 5.68. The quantitative estimate of drug-likeness (QED) is 0.710. The fraction of sp³-hybridized carbons (Fsp3) is 0.200. The van der Waals surface area contributed by atoms with Gasteiger partial charge in [-0.25, -0.2) is 9.37 Å². The Morgan fingerprint density at radius 1 is 1.23 bits per heavy atom. The Morgan fingerprint density at radius 2 is 1.96 bits per heavy atom. The van der Waals surface area contributed by atoms with Crippen LogP contribution in [0.4, 0.5) is 4.39 Å². The van der Waals surface area contributed by atoms with Crippen molar-refractivity contribution < 1.29 is 9.18 Å². The molecule has 1 amide bonds. The minimum atomic E-state index is -0.450. The zero-order chi connectivity index (χ0) is 18.5. The number of rotatable bonds is 6. The Balaban J connectivity index is 1.75. The zero-order valence-corrected chi connectivity index (χ0v) is 15.1. The minimum absolute atomic E-state index is 0.123. The summed E-state index contributed by atoms with van der Waals surface area (Å²) in [5, 5.41) is 3.65. The number of imidazole rings is 1. The average Bonchev–Trinajstić information content (AvgIpc) is 3.05. The molecule has 1 aromatic heterocycles. The van der Waals surface area contributed by atoms with E-state index in [0.717, 1.165) is 11.1 Å². The molecule has 1 N–H and O–H groups in total. The standard InChI is InChI=1S/C20H19ClFN3O/c1-25-13-12-23-20(25)19(15-6-9-16(22)10-7-15)24-18(26)11-8-14-4-2-3-5-17(14)21/h2-7,9-10,12-13,19H,8,11H2,1H3,(H,24,26). The topological polar surface area (TPSA) is 46.9 Å². The van der Waals surface area contributed by atoms with Gasteiger partial charge in [-0.3, -0.25) is 4.79 Å². The van der Waals surface area contributed by atoms with Crippen LogP contribution in [0.25, 0.3) is 0 Å². The van der Waals surface area contributed by atoms with E-state index in [0.29, 0.717) is 23.7 Å². The number of aryl methyl sites for hydroxylation is 2. The van der Waals surface area contributed by atoms with E-state index in [9.17, 15) is 9.18 Å². The van der Waals surface area contributed by atoms with E-state index >= 15 is 0 Å². The fourth-order valence-corrected chi connectivity index (χ4v) is 3.02. The summed E-state index contributed by atoms with van der Waals surface area (Å²) in [5.74, 6) is 0.238. The highest BCUT2D eigenvalue weighted by Crippen LogP contribution is 2.22. The second-order valence-electron chi connectivity index (χ2n) is 6.04. The van der Waals surface area contributed by atoms with Crippen LogP contribution in [0.15, 0.2) is 60.9 Å². The number of nitrogens with zero attached hydrogens (tertiary/aromatic N) is 2. The van der Waals surface area contributed by atoms with Crippen LogP contribution in [0, 0.1) is 5.82 Å². The van der Waals surface area contributed by atoms with Crippen LogP contribution < -0.4 is 5.32 Å². The van der Waals surface area contributed by atoms with Gasteiger partial charge in [0.2, 0.25) is 5.91 Å². The third-order valence-electron chi connectivity index (χ3n) is 4.20. The van der Waals surface area contributed by atoms with Crippen LogP contribution in [-0.4, -0.2) is 15.5 Å². The highest BCUT2D eigenvalue weighted by Gasteiger charge is 2.20. The van der Waals surface area contributed by atoms with Crippen molar-refractivity contribution >= 4 is 17.5 Å². The van der Waals surface area contributed by atoms with E-state index in [1.807, 2.05) is 42.1 Å². The molecule has 4 nitrogen and oxygen atoms in total. The maximum absolute atomic E-state index is 13.3. The summed E-state index contributed by atoms with van der Waals surface area (Å²) in [6.45, 7) is 0. The van der Waals surface area contributed by atoms with Crippen molar-refractivity contribution in [3.05, 3.63) is 88.7 Å². The molecule has 3 aromatic rings. The second-order valence-corrected chi connectivity index (χ2v) is 6.45. The van der Waals surface area contributed by atoms with E-state index in [1.165, 1.54) is 12.1 Å². The van der Waals surface area contributed by atoms with Gasteiger partial charge in [-0.1, -0.05) is 41.9 Å². The van der Waals surface area contributed by atoms with Crippen LogP contribution in [0.5, 0.6) is 0 Å². The lowest BCUT2D eigenvalue weighted by molar-refractivity contribution is -0.121. The van der Waals surface area contributed by atoms with Crippen molar-refractivity contribution in [1.82, 2.24) is 14.9 Å². The molecule has 2 aromatic carbocycles. The summed E-state index contributed by atoms with van der Waals surface area (Å²) in [7, 11) is 1.86. The SMILES string of the molecule is Cn1ccnc1C(NC(=O)CCc1ccccc1Cl)c1ccc(F)cc1. The predicted molar refractivity (Wildman–Crippen MR) is 99.4 cm³/mol. The van der Waals surface area contributed by atoms with Crippen LogP contribution in [-0.2, 0) is 18.3 Å². The van der Waals surface area contributed by atoms with Gasteiger partial charge in [0.15, 0.2) is 0 Å². The number of hydrogen-bond acceptors (Lipinski definition) is 2. The van der Waals surface area contributed by atoms with E-state index in [4.69, 9.17) is 11.6 Å². The van der Waals surface area contributed by atoms with Crippen molar-refractivity contribution in [3.63, 3.8) is 0 Å². The van der Waals surface area contributed by atoms with Crippen molar-refractivity contribution in [3.8, 4) is 0 Å². The molecule has 1 unspecified atom stereocenters. The summed E-state index contributed by atoms with van der Waals surface area (Å²) in [6, 6.07) is 13.1. The molecule has 0 aliphatic carbocycles. The Bertz CT molecular complexity index is 892. The molecule has 0 radical (unpaired) electrons. The third-order valence-corrected chi connectivity index (χ3v) is 4.57. The molecular formula is C20H19ClFN3O. The van der Waals surface area contributed by atoms with Gasteiger partial charge in [0.05, 0.1) is 0 Å². The molecule has 6 heteroatoms. The molecule has 0 fully saturated rings. The largest absolute Gasteiger partial charge is 0.342 e. The number of aromatic nitrogens is 2. The molecule has 0 saturated heterocycles. The summed E-state index contributed by atoms with van der Waals surface area (Å²) < 4.78 is 15.1. The molecule has 0 spiro atoms. The first kappa shape index (κ1) is 18.1. The molecule has 1 atom stereocenters. The summed E-state index contributed by atoms with van der Waals surface area (Å²) in [5.41, 5.74) is 1.70. The molecule has 3 rings (SSSR count). The minimum Gasteiger partial charge on any atom is -0.342 e. The van der Waals surface area contributed by atoms with Gasteiger partial charge in [-0.05, 0) is 35.7 Å². The zero-order valence-electron chi connectivity index (χ0n) is 14.3. The van der Waals surface area contributed by atoms with E-state index in [2.05, 4.69) is 10.3 Å². The summed E-state index contributed by atoms with van der Waals surface area (Å²) >= 11 is 6.15. The van der Waals surface area contributed by atoms with Crippen LogP contribution >= 0.6 is 11.6 Å². The first-order valence-corrected chi connectivity index (χ1v) is 8.68. The third kappa shape index (κ3) is 4.29. The van der Waals surface area contributed by atoms with Crippen LogP contribution in [0.3, 0.4) is 0 Å². The molecule has 0 aliphatic heterocycles. The van der Waals surface area contributed by atoms with Crippen LogP contribution in [0.2, 0.25) is 5.02 Å². The van der Waals surface area contributed by atoms with Crippen molar-refractivity contribution in [2.45, 2.75) is 18.9 Å². The lowest BCUT2D eigenvalue weighted by Crippen LogP contribution is -2.31. The van der Waals surface area contributed by atoms with Gasteiger partial charge in [0.1, 0.15) is 17.7 Å². The average molecular weight is 372 g/mol. The number of nitrogens with one attached hydrogen (secondary N) is 1. The molecule has 1 heterocycles. The summed E-state index contributed by atoms with van der Waals surface area (Å²) in [4.78, 5) is 16.9. The van der Waals surface area contributed by atoms with Gasteiger partial charge >= 0.3 is 0 Å². The summed E-state index contributed by atoms with van der Waals surface area (Å²) in [6.07, 6.45) is 4.32. The molecular weight excluding hydrogens is 353 g/mol. The number of carbonyl (C=O) groups is 1. The smallest absolute Gasteiger partial charge is 0.221 e. The number of hydrogen-bond donors (Lipinski definition) is 1. The van der Waals surface area contributed by atoms with Gasteiger partial charge < -0.3 is 9.88 Å². The molecule has 0 aliphatic rings. The normalized spacial score (nSPS) is 12.0. The lowest BCUT2D eigenvalue weighted by atomic mass is 10.0. The van der Waals surface area contributed by atoms with E-state index < -0.39 is 6.04 Å². The van der Waals surface area contributed by atoms with E-state index in [1.54, 1.807) is 18.3 Å². The number of carbonyl (C=O) groups excluding carboxylic acids is 1. The number of amides is 1. The fourth-order valence-electron chi connectivity index (χ4n) is 2.79. The van der Waals surface area contributed by atoms with Gasteiger partial charge in [-0.15, -0.1) is 0 Å². The first-order valence-electron chi connectivity index (χ1n) is 8.30. The first-order chi connectivity index (χ1) is 12.5. The monoisotopic (exact) mass is 371 g/mol. The molecule has 134 valence electrons. The van der Waals surface area contributed by atoms with Crippen molar-refractivity contribution in [2.24, 2.45) is 7.05 Å². The molecule has 0 bridgehead atoms. The Hall–Kier alpha value is -2.66. The maximum Gasteiger partial charge on any atom is 0.221 e. The Labute approximate surface area is 156 Å². The number of halogens is 2. The van der Waals surface area contributed by atoms with Crippen molar-refractivity contribution in [1.29, 1.82) is 0 Å². The van der Waals surface area contributed by atoms with Gasteiger partial charge in [0.25, 0.3) is 0 Å². The highest BCUT2D eigenvalue weighted by atomic mass is 35.5. The van der Waals surface area contributed by atoms with Crippen LogP contribution in [0.1, 0.15) is 29.4 Å².